The van der Waals surface area contributed by atoms with E-state index in [0.29, 0.717) is 6.42 Å². The molecule has 0 rings (SSSR count). The van der Waals surface area contributed by atoms with Crippen LogP contribution in [0.4, 0.5) is 26.3 Å². The second-order valence-electron chi connectivity index (χ2n) is 5.16. The van der Waals surface area contributed by atoms with Gasteiger partial charge in [-0.15, -0.1) is 0 Å². The first-order chi connectivity index (χ1) is 7.99. The molecule has 0 bridgehead atoms. The topological polar surface area (TPSA) is 0 Å². The normalized spacial score (nSPS) is 15.2. The summed E-state index contributed by atoms with van der Waals surface area (Å²) in [5, 5.41) is 0. The van der Waals surface area contributed by atoms with E-state index in [9.17, 15) is 26.3 Å². The van der Waals surface area contributed by atoms with Gasteiger partial charge in [0.05, 0.1) is 0 Å². The molecule has 0 saturated carbocycles. The Hall–Kier alpha value is -0.420. The maximum atomic E-state index is 12.1. The van der Waals surface area contributed by atoms with Gasteiger partial charge in [0, 0.05) is 12.8 Å². The number of hydrogen-bond donors (Lipinski definition) is 0. The van der Waals surface area contributed by atoms with Crippen LogP contribution in [-0.2, 0) is 0 Å². The van der Waals surface area contributed by atoms with Crippen LogP contribution in [-0.4, -0.2) is 12.4 Å². The Morgan fingerprint density at radius 2 is 1.28 bits per heavy atom. The second-order valence-corrected chi connectivity index (χ2v) is 5.16. The lowest BCUT2D eigenvalue weighted by Gasteiger charge is -2.20. The molecule has 0 aliphatic heterocycles. The lowest BCUT2D eigenvalue weighted by Crippen LogP contribution is -2.14. The van der Waals surface area contributed by atoms with Crippen molar-refractivity contribution in [2.75, 3.05) is 0 Å². The number of halogens is 6. The van der Waals surface area contributed by atoms with Crippen LogP contribution in [0.1, 0.15) is 52.4 Å². The molecule has 0 radical (unpaired) electrons. The Morgan fingerprint density at radius 1 is 0.778 bits per heavy atom. The highest BCUT2D eigenvalue weighted by molar-refractivity contribution is 4.66. The van der Waals surface area contributed by atoms with E-state index >= 15 is 0 Å². The van der Waals surface area contributed by atoms with Gasteiger partial charge in [0.15, 0.2) is 0 Å². The van der Waals surface area contributed by atoms with Gasteiger partial charge >= 0.3 is 12.4 Å². The van der Waals surface area contributed by atoms with Crippen LogP contribution in [0.5, 0.6) is 0 Å². The van der Waals surface area contributed by atoms with E-state index in [1.165, 1.54) is 0 Å². The van der Waals surface area contributed by atoms with Gasteiger partial charge in [-0.05, 0) is 31.1 Å². The van der Waals surface area contributed by atoms with Crippen molar-refractivity contribution in [2.45, 2.75) is 64.7 Å². The Labute approximate surface area is 104 Å². The van der Waals surface area contributed by atoms with E-state index < -0.39 is 25.2 Å². The highest BCUT2D eigenvalue weighted by Crippen LogP contribution is 2.31. The van der Waals surface area contributed by atoms with Crippen molar-refractivity contribution >= 4 is 0 Å². The van der Waals surface area contributed by atoms with Crippen LogP contribution >= 0.6 is 0 Å². The van der Waals surface area contributed by atoms with Gasteiger partial charge in [0.25, 0.3) is 0 Å². The molecule has 0 aromatic carbocycles. The summed E-state index contributed by atoms with van der Waals surface area (Å²) in [6, 6.07) is 0. The Morgan fingerprint density at radius 3 is 1.67 bits per heavy atom. The average Bonchev–Trinajstić information content (AvgIpc) is 2.09. The highest BCUT2D eigenvalue weighted by Gasteiger charge is 2.30. The van der Waals surface area contributed by atoms with Gasteiger partial charge in [-0.3, -0.25) is 0 Å². The summed E-state index contributed by atoms with van der Waals surface area (Å²) in [6.45, 7) is 3.73. The first-order valence-corrected chi connectivity index (χ1v) is 6.13. The number of rotatable bonds is 7. The summed E-state index contributed by atoms with van der Waals surface area (Å²) in [7, 11) is 0. The largest absolute Gasteiger partial charge is 0.389 e. The van der Waals surface area contributed by atoms with Crippen molar-refractivity contribution in [3.63, 3.8) is 0 Å². The van der Waals surface area contributed by atoms with Crippen LogP contribution < -0.4 is 0 Å². The molecule has 0 saturated heterocycles. The molecule has 1 unspecified atom stereocenters. The fourth-order valence-corrected chi connectivity index (χ4v) is 2.01. The lowest BCUT2D eigenvalue weighted by molar-refractivity contribution is -0.141. The predicted molar refractivity (Wildman–Crippen MR) is 58.1 cm³/mol. The Kier molecular flexibility index (Phi) is 7.07. The molecule has 0 aromatic rings. The summed E-state index contributed by atoms with van der Waals surface area (Å²) in [6.07, 6.45) is -9.64. The molecular formula is C12H20F6. The van der Waals surface area contributed by atoms with Crippen LogP contribution in [0.3, 0.4) is 0 Å². The van der Waals surface area contributed by atoms with Crippen molar-refractivity contribution < 1.29 is 26.3 Å². The van der Waals surface area contributed by atoms with E-state index in [2.05, 4.69) is 0 Å². The summed E-state index contributed by atoms with van der Waals surface area (Å²) in [5.41, 5.74) is 0. The third kappa shape index (κ3) is 12.0. The summed E-state index contributed by atoms with van der Waals surface area (Å²) < 4.78 is 72.1. The van der Waals surface area contributed by atoms with E-state index in [1.807, 2.05) is 13.8 Å². The molecule has 0 fully saturated rings. The molecule has 1 atom stereocenters. The minimum absolute atomic E-state index is 0.0699. The molecule has 0 N–H and O–H groups in total. The van der Waals surface area contributed by atoms with Crippen molar-refractivity contribution in [1.82, 2.24) is 0 Å². The van der Waals surface area contributed by atoms with Gasteiger partial charge in [-0.1, -0.05) is 20.3 Å². The molecule has 18 heavy (non-hydrogen) atoms. The van der Waals surface area contributed by atoms with E-state index in [-0.39, 0.29) is 31.1 Å². The summed E-state index contributed by atoms with van der Waals surface area (Å²) in [5.74, 6) is -0.0666. The third-order valence-electron chi connectivity index (χ3n) is 2.71. The zero-order chi connectivity index (χ0) is 14.4. The first-order valence-electron chi connectivity index (χ1n) is 6.13. The quantitative estimate of drug-likeness (QED) is 0.522. The average molecular weight is 278 g/mol. The minimum Gasteiger partial charge on any atom is -0.171 e. The van der Waals surface area contributed by atoms with Crippen LogP contribution in [0.2, 0.25) is 0 Å². The maximum Gasteiger partial charge on any atom is 0.389 e. The molecule has 0 spiro atoms. The van der Waals surface area contributed by atoms with Crippen LogP contribution in [0, 0.1) is 11.8 Å². The fraction of sp³-hybridized carbons (Fsp3) is 1.00. The van der Waals surface area contributed by atoms with Gasteiger partial charge in [0.1, 0.15) is 0 Å². The smallest absolute Gasteiger partial charge is 0.171 e. The molecular weight excluding hydrogens is 258 g/mol. The first kappa shape index (κ1) is 17.6. The van der Waals surface area contributed by atoms with E-state index in [4.69, 9.17) is 0 Å². The van der Waals surface area contributed by atoms with Crippen molar-refractivity contribution in [3.05, 3.63) is 0 Å². The van der Waals surface area contributed by atoms with Crippen LogP contribution in [0.15, 0.2) is 0 Å². The van der Waals surface area contributed by atoms with Gasteiger partial charge in [-0.2, -0.15) is 26.3 Å². The monoisotopic (exact) mass is 278 g/mol. The van der Waals surface area contributed by atoms with Gasteiger partial charge < -0.3 is 0 Å². The summed E-state index contributed by atoms with van der Waals surface area (Å²) >= 11 is 0. The zero-order valence-corrected chi connectivity index (χ0v) is 10.7. The maximum absolute atomic E-state index is 12.1. The molecule has 0 nitrogen and oxygen atoms in total. The molecule has 0 heterocycles. The molecule has 110 valence electrons. The minimum atomic E-state index is -4.22. The summed E-state index contributed by atoms with van der Waals surface area (Å²) in [4.78, 5) is 0. The second kappa shape index (κ2) is 7.24. The number of hydrogen-bond acceptors (Lipinski definition) is 0. The Bertz CT molecular complexity index is 216. The SMILES string of the molecule is CC(C)CC(CCCC(F)(F)F)CCC(F)(F)F. The Balaban J connectivity index is 4.07. The predicted octanol–water partition coefficient (Wildman–Crippen LogP) is 5.72. The highest BCUT2D eigenvalue weighted by atomic mass is 19.4. The fourth-order valence-electron chi connectivity index (χ4n) is 2.01. The van der Waals surface area contributed by atoms with Crippen LogP contribution in [0.25, 0.3) is 0 Å². The third-order valence-corrected chi connectivity index (χ3v) is 2.71. The number of alkyl halides is 6. The van der Waals surface area contributed by atoms with E-state index in [1.54, 1.807) is 0 Å². The zero-order valence-electron chi connectivity index (χ0n) is 10.7. The molecule has 0 aliphatic rings. The molecule has 0 amide bonds. The van der Waals surface area contributed by atoms with Crippen molar-refractivity contribution in [2.24, 2.45) is 11.8 Å². The molecule has 6 heteroatoms. The van der Waals surface area contributed by atoms with Gasteiger partial charge in [0.2, 0.25) is 0 Å². The standard InChI is InChI=1S/C12H20F6/c1-9(2)8-10(5-7-12(16,17)18)4-3-6-11(13,14)15/h9-10H,3-8H2,1-2H3. The van der Waals surface area contributed by atoms with Crippen molar-refractivity contribution in [1.29, 1.82) is 0 Å². The van der Waals surface area contributed by atoms with E-state index in [0.717, 1.165) is 0 Å². The molecule has 0 aromatic heterocycles. The lowest BCUT2D eigenvalue weighted by atomic mass is 9.88. The van der Waals surface area contributed by atoms with Gasteiger partial charge in [-0.25, -0.2) is 0 Å². The van der Waals surface area contributed by atoms with Crippen molar-refractivity contribution in [3.8, 4) is 0 Å². The molecule has 0 aliphatic carbocycles.